The molecule has 102 valence electrons. The Kier molecular flexibility index (Phi) is 4.07. The van der Waals surface area contributed by atoms with E-state index in [2.05, 4.69) is 0 Å². The lowest BCUT2D eigenvalue weighted by Crippen LogP contribution is -1.87. The minimum absolute atomic E-state index is 0.0928. The summed E-state index contributed by atoms with van der Waals surface area (Å²) in [5.41, 5.74) is 4.27. The maximum absolute atomic E-state index is 9.83. The highest BCUT2D eigenvalue weighted by Crippen LogP contribution is 2.28. The first-order valence-electron chi connectivity index (χ1n) is 6.48. The van der Waals surface area contributed by atoms with Crippen LogP contribution in [-0.2, 0) is 0 Å². The van der Waals surface area contributed by atoms with Gasteiger partial charge in [0.05, 0.1) is 0 Å². The number of nitriles is 2. The van der Waals surface area contributed by atoms with Crippen LogP contribution in [0.2, 0.25) is 0 Å². The number of hydrogen-bond acceptors (Lipinski definition) is 3. The smallest absolute Gasteiger partial charge is 0.136 e. The number of allylic oxidation sites excluding steroid dienone is 8. The van der Waals surface area contributed by atoms with E-state index in [1.165, 1.54) is 0 Å². The number of rotatable bonds is 1. The molecule has 1 aromatic carbocycles. The first-order valence-corrected chi connectivity index (χ1v) is 6.48. The summed E-state index contributed by atoms with van der Waals surface area (Å²) in [7, 11) is 0. The largest absolute Gasteiger partial charge is 0.507 e. The maximum Gasteiger partial charge on any atom is 0.136 e. The van der Waals surface area contributed by atoms with Crippen LogP contribution in [0.15, 0.2) is 53.7 Å². The summed E-state index contributed by atoms with van der Waals surface area (Å²) in [5, 5.41) is 27.7. The molecule has 0 aliphatic heterocycles. The number of phenolic OH excluding ortho intramolecular Hbond substituents is 1. The monoisotopic (exact) mass is 274 g/mol. The molecule has 21 heavy (non-hydrogen) atoms. The molecule has 1 aliphatic rings. The van der Waals surface area contributed by atoms with Gasteiger partial charge in [0, 0.05) is 5.57 Å². The second-order valence-electron chi connectivity index (χ2n) is 4.83. The summed E-state index contributed by atoms with van der Waals surface area (Å²) in [6.45, 7) is 3.72. The Hall–Kier alpha value is -3.04. The Labute approximate surface area is 124 Å². The molecule has 0 aromatic heterocycles. The van der Waals surface area contributed by atoms with Crippen molar-refractivity contribution >= 4 is 5.57 Å². The molecule has 1 N–H and O–H groups in total. The van der Waals surface area contributed by atoms with Crippen LogP contribution >= 0.6 is 0 Å². The zero-order valence-corrected chi connectivity index (χ0v) is 11.9. The van der Waals surface area contributed by atoms with Crippen molar-refractivity contribution in [3.05, 3.63) is 70.3 Å². The first kappa shape index (κ1) is 14.4. The Balaban J connectivity index is 2.47. The molecular formula is C18H14N2O. The standard InChI is InChI=1S/C18H14N2O/c1-12-8-16(9-13(2)18(12)21)14-4-3-5-15(7-6-14)17(10-19)11-20/h3-9,21H,1-2H3. The van der Waals surface area contributed by atoms with Crippen LogP contribution < -0.4 is 0 Å². The van der Waals surface area contributed by atoms with E-state index in [-0.39, 0.29) is 5.57 Å². The van der Waals surface area contributed by atoms with Gasteiger partial charge in [0.1, 0.15) is 23.5 Å². The summed E-state index contributed by atoms with van der Waals surface area (Å²) in [4.78, 5) is 0. The topological polar surface area (TPSA) is 67.8 Å². The fourth-order valence-electron chi connectivity index (χ4n) is 2.18. The Bertz CT molecular complexity index is 754. The summed E-state index contributed by atoms with van der Waals surface area (Å²) < 4.78 is 0. The fourth-order valence-corrected chi connectivity index (χ4v) is 2.18. The molecular weight excluding hydrogens is 260 g/mol. The van der Waals surface area contributed by atoms with Crippen LogP contribution in [0.5, 0.6) is 5.75 Å². The first-order chi connectivity index (χ1) is 10.1. The Morgan fingerprint density at radius 3 is 2.19 bits per heavy atom. The minimum Gasteiger partial charge on any atom is -0.507 e. The van der Waals surface area contributed by atoms with Gasteiger partial charge in [0.15, 0.2) is 0 Å². The van der Waals surface area contributed by atoms with Gasteiger partial charge in [-0.2, -0.15) is 10.5 Å². The van der Waals surface area contributed by atoms with Crippen molar-refractivity contribution in [1.29, 1.82) is 10.5 Å². The molecule has 0 atom stereocenters. The van der Waals surface area contributed by atoms with Crippen LogP contribution in [0.4, 0.5) is 0 Å². The molecule has 1 aliphatic carbocycles. The molecule has 0 bridgehead atoms. The average Bonchev–Trinajstić information content (AvgIpc) is 2.72. The average molecular weight is 274 g/mol. The van der Waals surface area contributed by atoms with Crippen molar-refractivity contribution in [3.8, 4) is 17.9 Å². The second kappa shape index (κ2) is 5.94. The SMILES string of the molecule is Cc1cc(C2=CC=CC(=C(C#N)C#N)C=C2)cc(C)c1O. The number of nitrogens with zero attached hydrogens (tertiary/aromatic N) is 2. The molecule has 0 unspecified atom stereocenters. The highest BCUT2D eigenvalue weighted by molar-refractivity contribution is 5.78. The van der Waals surface area contributed by atoms with Crippen LogP contribution in [0.1, 0.15) is 16.7 Å². The summed E-state index contributed by atoms with van der Waals surface area (Å²) in [5.74, 6) is 0.310. The van der Waals surface area contributed by atoms with Crippen molar-refractivity contribution in [3.63, 3.8) is 0 Å². The molecule has 2 rings (SSSR count). The number of aryl methyl sites for hydroxylation is 2. The normalized spacial score (nSPS) is 13.1. The summed E-state index contributed by atoms with van der Waals surface area (Å²) in [6.07, 6.45) is 9.10. The second-order valence-corrected chi connectivity index (χ2v) is 4.83. The third kappa shape index (κ3) is 2.94. The van der Waals surface area contributed by atoms with Gasteiger partial charge in [-0.15, -0.1) is 0 Å². The summed E-state index contributed by atoms with van der Waals surface area (Å²) >= 11 is 0. The summed E-state index contributed by atoms with van der Waals surface area (Å²) in [6, 6.07) is 7.61. The van der Waals surface area contributed by atoms with Gasteiger partial charge in [-0.1, -0.05) is 30.4 Å². The van der Waals surface area contributed by atoms with E-state index in [0.29, 0.717) is 11.3 Å². The van der Waals surface area contributed by atoms with E-state index in [9.17, 15) is 5.11 Å². The molecule has 0 heterocycles. The van der Waals surface area contributed by atoms with E-state index < -0.39 is 0 Å². The predicted octanol–water partition coefficient (Wildman–Crippen LogP) is 3.86. The van der Waals surface area contributed by atoms with Crippen molar-refractivity contribution in [1.82, 2.24) is 0 Å². The number of hydrogen-bond donors (Lipinski definition) is 1. The molecule has 0 saturated carbocycles. The van der Waals surface area contributed by atoms with Gasteiger partial charge in [0.25, 0.3) is 0 Å². The van der Waals surface area contributed by atoms with Crippen molar-refractivity contribution in [2.75, 3.05) is 0 Å². The Morgan fingerprint density at radius 2 is 1.62 bits per heavy atom. The molecule has 1 aromatic rings. The number of phenols is 1. The lowest BCUT2D eigenvalue weighted by atomic mass is 9.99. The van der Waals surface area contributed by atoms with Gasteiger partial charge in [-0.05, 0) is 48.2 Å². The fraction of sp³-hybridized carbons (Fsp3) is 0.111. The van der Waals surface area contributed by atoms with Crippen molar-refractivity contribution in [2.24, 2.45) is 0 Å². The van der Waals surface area contributed by atoms with Crippen LogP contribution in [0.25, 0.3) is 5.57 Å². The molecule has 0 radical (unpaired) electrons. The number of aromatic hydroxyl groups is 1. The molecule has 0 saturated heterocycles. The van der Waals surface area contributed by atoms with E-state index in [1.807, 2.05) is 56.3 Å². The van der Waals surface area contributed by atoms with Gasteiger partial charge in [-0.25, -0.2) is 0 Å². The lowest BCUT2D eigenvalue weighted by molar-refractivity contribution is 0.467. The van der Waals surface area contributed by atoms with Crippen molar-refractivity contribution < 1.29 is 5.11 Å². The van der Waals surface area contributed by atoms with Gasteiger partial charge in [-0.3, -0.25) is 0 Å². The molecule has 3 heteroatoms. The van der Waals surface area contributed by atoms with E-state index >= 15 is 0 Å². The third-order valence-corrected chi connectivity index (χ3v) is 3.33. The van der Waals surface area contributed by atoms with Gasteiger partial charge in [0.2, 0.25) is 0 Å². The van der Waals surface area contributed by atoms with Gasteiger partial charge < -0.3 is 5.11 Å². The third-order valence-electron chi connectivity index (χ3n) is 3.33. The molecule has 0 spiro atoms. The van der Waals surface area contributed by atoms with E-state index in [4.69, 9.17) is 10.5 Å². The number of benzene rings is 1. The maximum atomic E-state index is 9.83. The minimum atomic E-state index is 0.0928. The highest BCUT2D eigenvalue weighted by Gasteiger charge is 2.07. The van der Waals surface area contributed by atoms with Crippen LogP contribution in [0.3, 0.4) is 0 Å². The predicted molar refractivity (Wildman–Crippen MR) is 82.1 cm³/mol. The zero-order valence-electron chi connectivity index (χ0n) is 11.9. The van der Waals surface area contributed by atoms with Gasteiger partial charge >= 0.3 is 0 Å². The lowest BCUT2D eigenvalue weighted by Gasteiger charge is -2.08. The van der Waals surface area contributed by atoms with E-state index in [1.54, 1.807) is 12.2 Å². The zero-order chi connectivity index (χ0) is 15.4. The molecule has 3 nitrogen and oxygen atoms in total. The van der Waals surface area contributed by atoms with Crippen molar-refractivity contribution in [2.45, 2.75) is 13.8 Å². The highest BCUT2D eigenvalue weighted by atomic mass is 16.3. The quantitative estimate of drug-likeness (QED) is 0.790. The Morgan fingerprint density at radius 1 is 1.00 bits per heavy atom. The molecule has 0 fully saturated rings. The van der Waals surface area contributed by atoms with Crippen LogP contribution in [-0.4, -0.2) is 5.11 Å². The molecule has 0 amide bonds. The van der Waals surface area contributed by atoms with Crippen LogP contribution in [0, 0.1) is 36.5 Å². The van der Waals surface area contributed by atoms with E-state index in [0.717, 1.165) is 22.3 Å².